The molecule has 6 heteroatoms. The Morgan fingerprint density at radius 2 is 2.13 bits per heavy atom. The van der Waals surface area contributed by atoms with Crippen LogP contribution in [0, 0.1) is 5.82 Å². The van der Waals surface area contributed by atoms with E-state index in [0.717, 1.165) is 42.4 Å². The number of rotatable bonds is 4. The van der Waals surface area contributed by atoms with E-state index >= 15 is 0 Å². The Morgan fingerprint density at radius 3 is 2.91 bits per heavy atom. The standard InChI is InChI=1S/C17H16FN3OS/c18-14-5-3-12(4-6-14)10-21-8-7-13(11-21)17-19-16(20-22-17)15-2-1-9-23-15/h1-6,9,13H,7-8,10-11H2/t13-/m1/s1. The van der Waals surface area contributed by atoms with Crippen LogP contribution in [0.5, 0.6) is 0 Å². The summed E-state index contributed by atoms with van der Waals surface area (Å²) in [6, 6.07) is 10.7. The minimum Gasteiger partial charge on any atom is -0.339 e. The van der Waals surface area contributed by atoms with E-state index in [9.17, 15) is 4.39 Å². The second-order valence-corrected chi connectivity index (χ2v) is 6.73. The molecule has 4 nitrogen and oxygen atoms in total. The van der Waals surface area contributed by atoms with Gasteiger partial charge in [0.1, 0.15) is 5.82 Å². The van der Waals surface area contributed by atoms with Crippen molar-refractivity contribution in [3.8, 4) is 10.7 Å². The van der Waals surface area contributed by atoms with Crippen molar-refractivity contribution in [2.24, 2.45) is 0 Å². The molecule has 0 radical (unpaired) electrons. The van der Waals surface area contributed by atoms with E-state index in [1.165, 1.54) is 12.1 Å². The lowest BCUT2D eigenvalue weighted by molar-refractivity contribution is 0.309. The highest BCUT2D eigenvalue weighted by atomic mass is 32.1. The first-order chi connectivity index (χ1) is 11.3. The normalized spacial score (nSPS) is 18.6. The molecule has 0 saturated carbocycles. The zero-order chi connectivity index (χ0) is 15.6. The van der Waals surface area contributed by atoms with Gasteiger partial charge in [0.05, 0.1) is 10.8 Å². The van der Waals surface area contributed by atoms with Crippen molar-refractivity contribution in [3.05, 3.63) is 59.0 Å². The third kappa shape index (κ3) is 3.18. The molecule has 1 aliphatic rings. The summed E-state index contributed by atoms with van der Waals surface area (Å²) >= 11 is 1.61. The highest BCUT2D eigenvalue weighted by molar-refractivity contribution is 7.13. The van der Waals surface area contributed by atoms with E-state index in [1.54, 1.807) is 11.3 Å². The fourth-order valence-corrected chi connectivity index (χ4v) is 3.58. The maximum absolute atomic E-state index is 13.0. The van der Waals surface area contributed by atoms with Crippen LogP contribution in [0.1, 0.15) is 23.8 Å². The van der Waals surface area contributed by atoms with Crippen LogP contribution in [0.25, 0.3) is 10.7 Å². The molecule has 0 spiro atoms. The molecular weight excluding hydrogens is 313 g/mol. The molecule has 2 aromatic heterocycles. The number of thiophene rings is 1. The summed E-state index contributed by atoms with van der Waals surface area (Å²) in [7, 11) is 0. The third-order valence-corrected chi connectivity index (χ3v) is 4.99. The van der Waals surface area contributed by atoms with Crippen molar-refractivity contribution >= 4 is 11.3 Å². The molecule has 1 saturated heterocycles. The number of benzene rings is 1. The average Bonchev–Trinajstić information content (AvgIpc) is 3.30. The lowest BCUT2D eigenvalue weighted by Gasteiger charge is -2.15. The van der Waals surface area contributed by atoms with Crippen LogP contribution >= 0.6 is 11.3 Å². The lowest BCUT2D eigenvalue weighted by atomic mass is 10.1. The van der Waals surface area contributed by atoms with Crippen LogP contribution in [0.4, 0.5) is 4.39 Å². The molecule has 0 N–H and O–H groups in total. The van der Waals surface area contributed by atoms with Crippen LogP contribution in [0.15, 0.2) is 46.3 Å². The summed E-state index contributed by atoms with van der Waals surface area (Å²) in [6.07, 6.45) is 1.01. The van der Waals surface area contributed by atoms with Crippen LogP contribution in [0.2, 0.25) is 0 Å². The van der Waals surface area contributed by atoms with Gasteiger partial charge in [0.15, 0.2) is 0 Å². The van der Waals surface area contributed by atoms with Gasteiger partial charge in [0.25, 0.3) is 0 Å². The van der Waals surface area contributed by atoms with E-state index in [-0.39, 0.29) is 11.7 Å². The zero-order valence-corrected chi connectivity index (χ0v) is 13.3. The fourth-order valence-electron chi connectivity index (χ4n) is 2.93. The molecule has 1 fully saturated rings. The fraction of sp³-hybridized carbons (Fsp3) is 0.294. The van der Waals surface area contributed by atoms with Gasteiger partial charge in [0.2, 0.25) is 11.7 Å². The summed E-state index contributed by atoms with van der Waals surface area (Å²) in [6.45, 7) is 2.70. The van der Waals surface area contributed by atoms with E-state index in [0.29, 0.717) is 5.82 Å². The molecule has 3 aromatic rings. The van der Waals surface area contributed by atoms with Gasteiger partial charge < -0.3 is 4.52 Å². The van der Waals surface area contributed by atoms with Crippen molar-refractivity contribution < 1.29 is 8.91 Å². The number of hydrogen-bond acceptors (Lipinski definition) is 5. The average molecular weight is 329 g/mol. The molecule has 3 heterocycles. The van der Waals surface area contributed by atoms with E-state index in [1.807, 2.05) is 29.6 Å². The minimum atomic E-state index is -0.194. The predicted molar refractivity (Wildman–Crippen MR) is 86.6 cm³/mol. The third-order valence-electron chi connectivity index (χ3n) is 4.12. The van der Waals surface area contributed by atoms with Gasteiger partial charge in [-0.15, -0.1) is 11.3 Å². The summed E-state index contributed by atoms with van der Waals surface area (Å²) in [5, 5.41) is 6.09. The van der Waals surface area contributed by atoms with Crippen molar-refractivity contribution in [3.63, 3.8) is 0 Å². The molecular formula is C17H16FN3OS. The summed E-state index contributed by atoms with van der Waals surface area (Å²) in [5.41, 5.74) is 1.12. The minimum absolute atomic E-state index is 0.194. The first-order valence-electron chi connectivity index (χ1n) is 7.62. The van der Waals surface area contributed by atoms with Gasteiger partial charge in [-0.1, -0.05) is 23.4 Å². The molecule has 0 aliphatic carbocycles. The Kier molecular flexibility index (Phi) is 3.93. The smallest absolute Gasteiger partial charge is 0.231 e. The zero-order valence-electron chi connectivity index (χ0n) is 12.5. The molecule has 0 bridgehead atoms. The van der Waals surface area contributed by atoms with Crippen molar-refractivity contribution in [2.75, 3.05) is 13.1 Å². The Hall–Kier alpha value is -2.05. The second-order valence-electron chi connectivity index (χ2n) is 5.78. The van der Waals surface area contributed by atoms with Crippen LogP contribution in [-0.2, 0) is 6.54 Å². The molecule has 0 unspecified atom stereocenters. The first-order valence-corrected chi connectivity index (χ1v) is 8.50. The Balaban J connectivity index is 1.41. The molecule has 1 aliphatic heterocycles. The van der Waals surface area contributed by atoms with Gasteiger partial charge in [-0.2, -0.15) is 4.98 Å². The number of halogens is 1. The van der Waals surface area contributed by atoms with Gasteiger partial charge in [0, 0.05) is 13.1 Å². The van der Waals surface area contributed by atoms with E-state index in [2.05, 4.69) is 15.0 Å². The van der Waals surface area contributed by atoms with Gasteiger partial charge >= 0.3 is 0 Å². The quantitative estimate of drug-likeness (QED) is 0.727. The van der Waals surface area contributed by atoms with Gasteiger partial charge in [-0.05, 0) is 42.1 Å². The topological polar surface area (TPSA) is 42.2 Å². The van der Waals surface area contributed by atoms with Gasteiger partial charge in [-0.25, -0.2) is 4.39 Å². The van der Waals surface area contributed by atoms with Crippen molar-refractivity contribution in [1.82, 2.24) is 15.0 Å². The van der Waals surface area contributed by atoms with Crippen LogP contribution < -0.4 is 0 Å². The molecule has 1 aromatic carbocycles. The Labute approximate surface area is 137 Å². The molecule has 0 amide bonds. The number of nitrogens with zero attached hydrogens (tertiary/aromatic N) is 3. The maximum Gasteiger partial charge on any atom is 0.231 e. The molecule has 1 atom stereocenters. The van der Waals surface area contributed by atoms with E-state index < -0.39 is 0 Å². The first kappa shape index (κ1) is 14.5. The second kappa shape index (κ2) is 6.22. The van der Waals surface area contributed by atoms with Crippen molar-refractivity contribution in [2.45, 2.75) is 18.9 Å². The van der Waals surface area contributed by atoms with Gasteiger partial charge in [-0.3, -0.25) is 4.90 Å². The summed E-state index contributed by atoms with van der Waals surface area (Å²) in [4.78, 5) is 7.91. The van der Waals surface area contributed by atoms with Crippen LogP contribution in [-0.4, -0.2) is 28.1 Å². The Morgan fingerprint density at radius 1 is 1.26 bits per heavy atom. The Bertz CT molecular complexity index is 770. The molecule has 4 rings (SSSR count). The molecule has 23 heavy (non-hydrogen) atoms. The number of aromatic nitrogens is 2. The SMILES string of the molecule is Fc1ccc(CN2CC[C@@H](c3nc(-c4cccs4)no3)C2)cc1. The summed E-state index contributed by atoms with van der Waals surface area (Å²) < 4.78 is 18.4. The summed E-state index contributed by atoms with van der Waals surface area (Å²) in [5.74, 6) is 1.47. The molecule has 118 valence electrons. The maximum atomic E-state index is 13.0. The lowest BCUT2D eigenvalue weighted by Crippen LogP contribution is -2.19. The van der Waals surface area contributed by atoms with Crippen molar-refractivity contribution in [1.29, 1.82) is 0 Å². The monoisotopic (exact) mass is 329 g/mol. The number of likely N-dealkylation sites (tertiary alicyclic amines) is 1. The highest BCUT2D eigenvalue weighted by Gasteiger charge is 2.28. The predicted octanol–water partition coefficient (Wildman–Crippen LogP) is 3.93. The highest BCUT2D eigenvalue weighted by Crippen LogP contribution is 2.29. The van der Waals surface area contributed by atoms with Crippen LogP contribution in [0.3, 0.4) is 0 Å². The van der Waals surface area contributed by atoms with E-state index in [4.69, 9.17) is 4.52 Å². The number of hydrogen-bond donors (Lipinski definition) is 0. The largest absolute Gasteiger partial charge is 0.339 e.